The third kappa shape index (κ3) is 5.46. The SMILES string of the molecule is CC(NC(=O)c1ccc(OC(F)(F)F)cc1)c1cccc(S(N)(=O)=O)c1. The summed E-state index contributed by atoms with van der Waals surface area (Å²) in [5, 5.41) is 7.69. The summed E-state index contributed by atoms with van der Waals surface area (Å²) in [6, 6.07) is 9.61. The summed E-state index contributed by atoms with van der Waals surface area (Å²) in [4.78, 5) is 12.1. The molecule has 1 atom stereocenters. The number of halogens is 3. The normalized spacial score (nSPS) is 13.1. The second kappa shape index (κ2) is 7.34. The monoisotopic (exact) mass is 388 g/mol. The van der Waals surface area contributed by atoms with Crippen LogP contribution in [0.1, 0.15) is 28.9 Å². The van der Waals surface area contributed by atoms with Gasteiger partial charge in [0.05, 0.1) is 10.9 Å². The fraction of sp³-hybridized carbons (Fsp3) is 0.188. The van der Waals surface area contributed by atoms with Gasteiger partial charge in [0.1, 0.15) is 5.75 Å². The van der Waals surface area contributed by atoms with E-state index in [1.807, 2.05) is 0 Å². The van der Waals surface area contributed by atoms with E-state index in [0.29, 0.717) is 5.56 Å². The number of hydrogen-bond donors (Lipinski definition) is 2. The van der Waals surface area contributed by atoms with Gasteiger partial charge in [-0.2, -0.15) is 0 Å². The highest BCUT2D eigenvalue weighted by Gasteiger charge is 2.31. The lowest BCUT2D eigenvalue weighted by Crippen LogP contribution is -2.27. The zero-order chi connectivity index (χ0) is 19.5. The average Bonchev–Trinajstić information content (AvgIpc) is 2.53. The Balaban J connectivity index is 2.10. The van der Waals surface area contributed by atoms with Crippen LogP contribution in [0.25, 0.3) is 0 Å². The minimum Gasteiger partial charge on any atom is -0.406 e. The molecule has 2 aromatic carbocycles. The van der Waals surface area contributed by atoms with E-state index >= 15 is 0 Å². The molecule has 0 radical (unpaired) electrons. The summed E-state index contributed by atoms with van der Waals surface area (Å²) < 4.78 is 62.9. The van der Waals surface area contributed by atoms with Crippen molar-refractivity contribution in [2.75, 3.05) is 0 Å². The fourth-order valence-corrected chi connectivity index (χ4v) is 2.70. The Labute approximate surface area is 147 Å². The maximum Gasteiger partial charge on any atom is 0.573 e. The molecule has 0 aliphatic carbocycles. The van der Waals surface area contributed by atoms with Crippen molar-refractivity contribution in [2.24, 2.45) is 5.14 Å². The second-order valence-corrected chi connectivity index (χ2v) is 6.95. The van der Waals surface area contributed by atoms with E-state index in [-0.39, 0.29) is 10.5 Å². The fourth-order valence-electron chi connectivity index (χ4n) is 2.13. The molecule has 1 amide bonds. The number of rotatable bonds is 5. The number of sulfonamides is 1. The minimum atomic E-state index is -4.81. The molecule has 0 bridgehead atoms. The summed E-state index contributed by atoms with van der Waals surface area (Å²) in [7, 11) is -3.88. The third-order valence-electron chi connectivity index (χ3n) is 3.38. The predicted molar refractivity (Wildman–Crippen MR) is 86.8 cm³/mol. The summed E-state index contributed by atoms with van der Waals surface area (Å²) in [5.41, 5.74) is 0.621. The summed E-state index contributed by atoms with van der Waals surface area (Å²) in [6.45, 7) is 1.63. The maximum absolute atomic E-state index is 12.2. The topological polar surface area (TPSA) is 98.5 Å². The van der Waals surface area contributed by atoms with E-state index in [9.17, 15) is 26.4 Å². The van der Waals surface area contributed by atoms with Crippen molar-refractivity contribution in [3.05, 3.63) is 59.7 Å². The first kappa shape index (κ1) is 19.7. The van der Waals surface area contributed by atoms with E-state index in [1.54, 1.807) is 13.0 Å². The molecule has 0 aliphatic heterocycles. The molecule has 1 unspecified atom stereocenters. The average molecular weight is 388 g/mol. The van der Waals surface area contributed by atoms with Crippen molar-refractivity contribution in [3.8, 4) is 5.75 Å². The number of amides is 1. The zero-order valence-electron chi connectivity index (χ0n) is 13.4. The number of alkyl halides is 3. The highest BCUT2D eigenvalue weighted by Crippen LogP contribution is 2.23. The van der Waals surface area contributed by atoms with Gasteiger partial charge >= 0.3 is 6.36 Å². The van der Waals surface area contributed by atoms with Gasteiger partial charge < -0.3 is 10.1 Å². The Kier molecular flexibility index (Phi) is 5.57. The van der Waals surface area contributed by atoms with Gasteiger partial charge in [-0.25, -0.2) is 13.6 Å². The Hall–Kier alpha value is -2.59. The highest BCUT2D eigenvalue weighted by atomic mass is 32.2. The molecule has 140 valence electrons. The minimum absolute atomic E-state index is 0.0928. The number of nitrogens with one attached hydrogen (secondary N) is 1. The molecule has 0 saturated heterocycles. The number of benzene rings is 2. The molecule has 26 heavy (non-hydrogen) atoms. The largest absolute Gasteiger partial charge is 0.573 e. The van der Waals surface area contributed by atoms with E-state index in [2.05, 4.69) is 10.1 Å². The molecule has 0 spiro atoms. The van der Waals surface area contributed by atoms with Crippen molar-refractivity contribution in [1.82, 2.24) is 5.32 Å². The number of carbonyl (C=O) groups excluding carboxylic acids is 1. The maximum atomic E-state index is 12.2. The van der Waals surface area contributed by atoms with Crippen LogP contribution in [0, 0.1) is 0 Å². The molecule has 0 fully saturated rings. The van der Waals surface area contributed by atoms with E-state index < -0.39 is 34.1 Å². The first-order chi connectivity index (χ1) is 12.0. The van der Waals surface area contributed by atoms with Gasteiger partial charge in [0, 0.05) is 5.56 Å². The number of nitrogens with two attached hydrogens (primary N) is 1. The quantitative estimate of drug-likeness (QED) is 0.823. The van der Waals surface area contributed by atoms with Crippen molar-refractivity contribution in [3.63, 3.8) is 0 Å². The molecule has 2 aromatic rings. The van der Waals surface area contributed by atoms with Crippen LogP contribution in [0.2, 0.25) is 0 Å². The Morgan fingerprint density at radius 3 is 2.31 bits per heavy atom. The lowest BCUT2D eigenvalue weighted by molar-refractivity contribution is -0.274. The molecule has 6 nitrogen and oxygen atoms in total. The van der Waals surface area contributed by atoms with Crippen molar-refractivity contribution in [1.29, 1.82) is 0 Å². The van der Waals surface area contributed by atoms with E-state index in [1.165, 1.54) is 30.3 Å². The van der Waals surface area contributed by atoms with Crippen LogP contribution in [0.5, 0.6) is 5.75 Å². The van der Waals surface area contributed by atoms with Crippen molar-refractivity contribution >= 4 is 15.9 Å². The summed E-state index contributed by atoms with van der Waals surface area (Å²) >= 11 is 0. The Morgan fingerprint density at radius 2 is 1.77 bits per heavy atom. The summed E-state index contributed by atoms with van der Waals surface area (Å²) in [6.07, 6.45) is -4.81. The molecule has 0 saturated carbocycles. The lowest BCUT2D eigenvalue weighted by atomic mass is 10.1. The molecular formula is C16H15F3N2O4S. The van der Waals surface area contributed by atoms with Gasteiger partial charge in [-0.15, -0.1) is 13.2 Å². The molecule has 0 aliphatic rings. The Bertz CT molecular complexity index is 896. The lowest BCUT2D eigenvalue weighted by Gasteiger charge is -2.15. The smallest absolute Gasteiger partial charge is 0.406 e. The Morgan fingerprint density at radius 1 is 1.15 bits per heavy atom. The molecule has 10 heteroatoms. The van der Waals surface area contributed by atoms with Crippen LogP contribution in [0.4, 0.5) is 13.2 Å². The van der Waals surface area contributed by atoms with E-state index in [0.717, 1.165) is 12.1 Å². The van der Waals surface area contributed by atoms with Crippen molar-refractivity contribution < 1.29 is 31.1 Å². The van der Waals surface area contributed by atoms with Crippen LogP contribution in [-0.4, -0.2) is 20.7 Å². The number of hydrogen-bond acceptors (Lipinski definition) is 4. The molecular weight excluding hydrogens is 373 g/mol. The molecule has 3 N–H and O–H groups in total. The standard InChI is InChI=1S/C16H15F3N2O4S/c1-10(12-3-2-4-14(9-12)26(20,23)24)21-15(22)11-5-7-13(8-6-11)25-16(17,18)19/h2-10H,1H3,(H,21,22)(H2,20,23,24). The van der Waals surface area contributed by atoms with Gasteiger partial charge in [0.25, 0.3) is 5.91 Å². The first-order valence-electron chi connectivity index (χ1n) is 7.25. The van der Waals surface area contributed by atoms with Gasteiger partial charge in [0.15, 0.2) is 0 Å². The first-order valence-corrected chi connectivity index (χ1v) is 8.80. The number of primary sulfonamides is 1. The van der Waals surface area contributed by atoms with Gasteiger partial charge in [-0.1, -0.05) is 12.1 Å². The van der Waals surface area contributed by atoms with Crippen LogP contribution in [0.3, 0.4) is 0 Å². The predicted octanol–water partition coefficient (Wildman–Crippen LogP) is 2.72. The van der Waals surface area contributed by atoms with E-state index in [4.69, 9.17) is 5.14 Å². The van der Waals surface area contributed by atoms with Crippen LogP contribution in [0.15, 0.2) is 53.4 Å². The second-order valence-electron chi connectivity index (χ2n) is 5.38. The zero-order valence-corrected chi connectivity index (χ0v) is 14.3. The highest BCUT2D eigenvalue weighted by molar-refractivity contribution is 7.89. The van der Waals surface area contributed by atoms with Crippen LogP contribution >= 0.6 is 0 Å². The van der Waals surface area contributed by atoms with Crippen molar-refractivity contribution in [2.45, 2.75) is 24.2 Å². The van der Waals surface area contributed by atoms with Gasteiger partial charge in [0.2, 0.25) is 10.0 Å². The third-order valence-corrected chi connectivity index (χ3v) is 4.30. The number of ether oxygens (including phenoxy) is 1. The van der Waals surface area contributed by atoms with Gasteiger partial charge in [-0.05, 0) is 48.9 Å². The number of carbonyl (C=O) groups is 1. The molecule has 0 aromatic heterocycles. The summed E-state index contributed by atoms with van der Waals surface area (Å²) in [5.74, 6) is -0.986. The van der Waals surface area contributed by atoms with Crippen LogP contribution < -0.4 is 15.2 Å². The van der Waals surface area contributed by atoms with Gasteiger partial charge in [-0.3, -0.25) is 4.79 Å². The van der Waals surface area contributed by atoms with Crippen LogP contribution in [-0.2, 0) is 10.0 Å². The molecule has 0 heterocycles. The molecule has 2 rings (SSSR count).